The van der Waals surface area contributed by atoms with Gasteiger partial charge < -0.3 is 15.2 Å². The van der Waals surface area contributed by atoms with Crippen LogP contribution >= 0.6 is 0 Å². The second-order valence-electron chi connectivity index (χ2n) is 4.35. The van der Waals surface area contributed by atoms with Gasteiger partial charge in [0.05, 0.1) is 0 Å². The highest BCUT2D eigenvalue weighted by Crippen LogP contribution is 2.36. The van der Waals surface area contributed by atoms with Gasteiger partial charge in [0, 0.05) is 18.2 Å². The molecule has 118 valence electrons. The molecule has 0 atom stereocenters. The topological polar surface area (TPSA) is 44.5 Å². The zero-order valence-electron chi connectivity index (χ0n) is 11.4. The maximum Gasteiger partial charge on any atom is 0.573 e. The van der Waals surface area contributed by atoms with E-state index in [1.54, 1.807) is 0 Å². The molecule has 0 aliphatic heterocycles. The maximum atomic E-state index is 13.3. The number of alkyl halides is 3. The first kappa shape index (κ1) is 16.1. The monoisotopic (exact) mass is 315 g/mol. The molecule has 0 bridgehead atoms. The standard InChI is InChI=1S/C15H13F4NO2/c16-11-3-1-2-10(8-11)13-5-4-12(21-7-6-20)9-14(13)22-15(17,18)19/h1-5,8-9H,6-7,20H2. The van der Waals surface area contributed by atoms with Crippen molar-refractivity contribution in [3.05, 3.63) is 48.3 Å². The van der Waals surface area contributed by atoms with Gasteiger partial charge in [0.1, 0.15) is 23.9 Å². The summed E-state index contributed by atoms with van der Waals surface area (Å²) in [6, 6.07) is 9.17. The van der Waals surface area contributed by atoms with Gasteiger partial charge in [-0.25, -0.2) is 4.39 Å². The minimum atomic E-state index is -4.87. The van der Waals surface area contributed by atoms with E-state index >= 15 is 0 Å². The highest BCUT2D eigenvalue weighted by Gasteiger charge is 2.32. The molecular formula is C15H13F4NO2. The second-order valence-corrected chi connectivity index (χ2v) is 4.35. The van der Waals surface area contributed by atoms with Crippen LogP contribution in [0.1, 0.15) is 0 Å². The van der Waals surface area contributed by atoms with Crippen LogP contribution in [-0.4, -0.2) is 19.5 Å². The number of rotatable bonds is 5. The summed E-state index contributed by atoms with van der Waals surface area (Å²) in [5, 5.41) is 0. The van der Waals surface area contributed by atoms with E-state index < -0.39 is 17.9 Å². The Balaban J connectivity index is 2.43. The summed E-state index contributed by atoms with van der Waals surface area (Å²) in [6.45, 7) is 0.381. The van der Waals surface area contributed by atoms with Crippen LogP contribution in [0, 0.1) is 5.82 Å². The number of hydrogen-bond donors (Lipinski definition) is 1. The number of ether oxygens (including phenoxy) is 2. The lowest BCUT2D eigenvalue weighted by molar-refractivity contribution is -0.274. The summed E-state index contributed by atoms with van der Waals surface area (Å²) < 4.78 is 60.1. The molecule has 0 saturated heterocycles. The molecule has 0 fully saturated rings. The van der Waals surface area contributed by atoms with Gasteiger partial charge in [-0.2, -0.15) is 0 Å². The molecule has 7 heteroatoms. The van der Waals surface area contributed by atoms with Crippen molar-refractivity contribution in [2.45, 2.75) is 6.36 Å². The average molecular weight is 315 g/mol. The van der Waals surface area contributed by atoms with Crippen molar-refractivity contribution in [2.75, 3.05) is 13.2 Å². The van der Waals surface area contributed by atoms with Crippen molar-refractivity contribution in [2.24, 2.45) is 5.73 Å². The molecule has 0 radical (unpaired) electrons. The van der Waals surface area contributed by atoms with Gasteiger partial charge in [-0.3, -0.25) is 0 Å². The van der Waals surface area contributed by atoms with Crippen molar-refractivity contribution >= 4 is 0 Å². The van der Waals surface area contributed by atoms with Crippen LogP contribution in [0.5, 0.6) is 11.5 Å². The van der Waals surface area contributed by atoms with Crippen LogP contribution in [0.4, 0.5) is 17.6 Å². The Hall–Kier alpha value is -2.28. The summed E-state index contributed by atoms with van der Waals surface area (Å²) in [6.07, 6.45) is -4.87. The SMILES string of the molecule is NCCOc1ccc(-c2cccc(F)c2)c(OC(F)(F)F)c1. The Morgan fingerprint density at radius 2 is 1.82 bits per heavy atom. The number of halogens is 4. The Morgan fingerprint density at radius 3 is 2.45 bits per heavy atom. The molecule has 0 saturated carbocycles. The van der Waals surface area contributed by atoms with Crippen molar-refractivity contribution < 1.29 is 27.0 Å². The Morgan fingerprint density at radius 1 is 1.05 bits per heavy atom. The minimum absolute atomic E-state index is 0.108. The highest BCUT2D eigenvalue weighted by molar-refractivity contribution is 5.71. The smallest absolute Gasteiger partial charge is 0.492 e. The fourth-order valence-electron chi connectivity index (χ4n) is 1.87. The predicted octanol–water partition coefficient (Wildman–Crippen LogP) is 3.73. The summed E-state index contributed by atoms with van der Waals surface area (Å²) in [5.41, 5.74) is 5.65. The first-order valence-corrected chi connectivity index (χ1v) is 6.37. The van der Waals surface area contributed by atoms with Gasteiger partial charge in [-0.05, 0) is 29.8 Å². The van der Waals surface area contributed by atoms with Gasteiger partial charge in [-0.1, -0.05) is 12.1 Å². The third-order valence-corrected chi connectivity index (χ3v) is 2.70. The summed E-state index contributed by atoms with van der Waals surface area (Å²) in [5.74, 6) is -0.837. The Bertz CT molecular complexity index is 644. The van der Waals surface area contributed by atoms with Crippen LogP contribution in [0.2, 0.25) is 0 Å². The largest absolute Gasteiger partial charge is 0.573 e. The molecule has 0 aliphatic rings. The zero-order chi connectivity index (χ0) is 16.2. The summed E-state index contributed by atoms with van der Waals surface area (Å²) in [4.78, 5) is 0. The normalized spacial score (nSPS) is 11.3. The molecule has 2 aromatic rings. The second kappa shape index (κ2) is 6.65. The van der Waals surface area contributed by atoms with Crippen LogP contribution < -0.4 is 15.2 Å². The van der Waals surface area contributed by atoms with Gasteiger partial charge in [0.25, 0.3) is 0 Å². The molecule has 2 N–H and O–H groups in total. The van der Waals surface area contributed by atoms with E-state index in [4.69, 9.17) is 10.5 Å². The molecular weight excluding hydrogens is 302 g/mol. The lowest BCUT2D eigenvalue weighted by Gasteiger charge is -2.15. The molecule has 0 heterocycles. The number of benzene rings is 2. The van der Waals surface area contributed by atoms with Gasteiger partial charge in [0.2, 0.25) is 0 Å². The van der Waals surface area contributed by atoms with Crippen LogP contribution in [0.15, 0.2) is 42.5 Å². The van der Waals surface area contributed by atoms with Crippen LogP contribution in [-0.2, 0) is 0 Å². The maximum absolute atomic E-state index is 13.3. The van der Waals surface area contributed by atoms with Gasteiger partial charge in [0.15, 0.2) is 0 Å². The first-order chi connectivity index (χ1) is 10.4. The van der Waals surface area contributed by atoms with E-state index in [1.807, 2.05) is 0 Å². The quantitative estimate of drug-likeness (QED) is 0.855. The molecule has 0 unspecified atom stereocenters. The van der Waals surface area contributed by atoms with Crippen molar-refractivity contribution in [1.29, 1.82) is 0 Å². The molecule has 3 nitrogen and oxygen atoms in total. The van der Waals surface area contributed by atoms with Crippen LogP contribution in [0.25, 0.3) is 11.1 Å². The molecule has 0 spiro atoms. The lowest BCUT2D eigenvalue weighted by atomic mass is 10.0. The van der Waals surface area contributed by atoms with E-state index in [2.05, 4.69) is 4.74 Å². The summed E-state index contributed by atoms with van der Waals surface area (Å²) in [7, 11) is 0. The van der Waals surface area contributed by atoms with E-state index in [1.165, 1.54) is 30.3 Å². The fraction of sp³-hybridized carbons (Fsp3) is 0.200. The molecule has 0 aromatic heterocycles. The predicted molar refractivity (Wildman–Crippen MR) is 73.1 cm³/mol. The third-order valence-electron chi connectivity index (χ3n) is 2.70. The Kier molecular flexibility index (Phi) is 4.87. The molecule has 2 aromatic carbocycles. The molecule has 2 rings (SSSR count). The first-order valence-electron chi connectivity index (χ1n) is 6.37. The van der Waals surface area contributed by atoms with E-state index in [0.29, 0.717) is 0 Å². The van der Waals surface area contributed by atoms with E-state index in [9.17, 15) is 17.6 Å². The molecule has 0 amide bonds. The van der Waals surface area contributed by atoms with Gasteiger partial charge in [-0.15, -0.1) is 13.2 Å². The lowest BCUT2D eigenvalue weighted by Crippen LogP contribution is -2.18. The fourth-order valence-corrected chi connectivity index (χ4v) is 1.87. The van der Waals surface area contributed by atoms with E-state index in [0.717, 1.165) is 12.1 Å². The Labute approximate surface area is 124 Å². The van der Waals surface area contributed by atoms with E-state index in [-0.39, 0.29) is 30.0 Å². The summed E-state index contributed by atoms with van der Waals surface area (Å²) >= 11 is 0. The minimum Gasteiger partial charge on any atom is -0.492 e. The van der Waals surface area contributed by atoms with Gasteiger partial charge >= 0.3 is 6.36 Å². The van der Waals surface area contributed by atoms with Crippen molar-refractivity contribution in [3.63, 3.8) is 0 Å². The zero-order valence-corrected chi connectivity index (χ0v) is 11.4. The number of nitrogens with two attached hydrogens (primary N) is 1. The van der Waals surface area contributed by atoms with Crippen LogP contribution in [0.3, 0.4) is 0 Å². The highest BCUT2D eigenvalue weighted by atomic mass is 19.4. The van der Waals surface area contributed by atoms with Crippen molar-refractivity contribution in [1.82, 2.24) is 0 Å². The molecule has 0 aliphatic carbocycles. The third kappa shape index (κ3) is 4.36. The van der Waals surface area contributed by atoms with Crippen molar-refractivity contribution in [3.8, 4) is 22.6 Å². The average Bonchev–Trinajstić information content (AvgIpc) is 2.43. The molecule has 22 heavy (non-hydrogen) atoms. The number of hydrogen-bond acceptors (Lipinski definition) is 3.